The van der Waals surface area contributed by atoms with E-state index in [4.69, 9.17) is 30.0 Å². The van der Waals surface area contributed by atoms with Crippen LogP contribution in [0, 0.1) is 0 Å². The molecule has 0 amide bonds. The molecule has 3 aliphatic carbocycles. The maximum atomic E-state index is 11.4. The van der Waals surface area contributed by atoms with Gasteiger partial charge in [-0.3, -0.25) is 30.0 Å². The summed E-state index contributed by atoms with van der Waals surface area (Å²) in [5.41, 5.74) is 3.63. The summed E-state index contributed by atoms with van der Waals surface area (Å²) in [5.74, 6) is 0.364. The number of hydrogen-bond acceptors (Lipinski definition) is 9. The minimum atomic E-state index is -0.0617. The summed E-state index contributed by atoms with van der Waals surface area (Å²) in [5, 5.41) is 34.2. The molecule has 1 heterocycles. The Kier molecular flexibility index (Phi) is 12.9. The van der Waals surface area contributed by atoms with Crippen LogP contribution in [0.2, 0.25) is 0 Å². The zero-order valence-electron chi connectivity index (χ0n) is 30.0. The average molecular weight is 922 g/mol. The zero-order valence-corrected chi connectivity index (χ0v) is 34.8. The molecular weight excluding hydrogens is 876 g/mol. The molecule has 7 rings (SSSR count). The molecule has 12 heteroatoms. The quantitative estimate of drug-likeness (QED) is 0.207. The number of hydrogen-bond donors (Lipinski definition) is 3. The highest BCUT2D eigenvalue weighted by Crippen LogP contribution is 2.32. The van der Waals surface area contributed by atoms with E-state index < -0.39 is 0 Å². The molecular formula is C42H45Br3N6O3. The van der Waals surface area contributed by atoms with Crippen LogP contribution in [0.15, 0.2) is 79.8 Å². The third kappa shape index (κ3) is 9.48. The Morgan fingerprint density at radius 2 is 0.500 bits per heavy atom. The molecule has 0 aromatic heterocycles. The van der Waals surface area contributed by atoms with Crippen molar-refractivity contribution in [3.05, 3.63) is 83.2 Å². The van der Waals surface area contributed by atoms with E-state index in [1.54, 1.807) is 37.3 Å². The number of rotatable bonds is 0. The Bertz CT molecular complexity index is 1670. The van der Waals surface area contributed by atoms with E-state index in [1.807, 2.05) is 36.4 Å². The highest BCUT2D eigenvalue weighted by molar-refractivity contribution is 9.11. The van der Waals surface area contributed by atoms with Crippen molar-refractivity contribution < 1.29 is 15.3 Å². The Labute approximate surface area is 342 Å². The first-order chi connectivity index (χ1) is 26.2. The number of fused-ring (bicyclic) bond motifs is 9. The number of nitrogens with zero attached hydrogens (tertiary/aromatic N) is 6. The maximum Gasteiger partial charge on any atom is 0.133 e. The molecule has 0 radical (unpaired) electrons. The molecule has 6 unspecified atom stereocenters. The smallest absolute Gasteiger partial charge is 0.133 e. The van der Waals surface area contributed by atoms with E-state index in [-0.39, 0.29) is 53.5 Å². The van der Waals surface area contributed by atoms with Crippen LogP contribution in [0.1, 0.15) is 110 Å². The van der Waals surface area contributed by atoms with Gasteiger partial charge in [0.25, 0.3) is 0 Å². The SMILES string of the molecule is Oc1c2cc(Br)cc1/C=N/C1CCCCC1/N=C/c1cc(Br)cc(c1O)/C=N/C1CCCCC1/N=C/c1cc(Br)cc(c1O)/C=N/C1CCCCC1/N=C/2. The minimum absolute atomic E-state index is 0.0617. The number of phenols is 3. The number of phenolic OH excluding ortho intramolecular Hbond substituents is 3. The Balaban J connectivity index is 1.29. The Morgan fingerprint density at radius 1 is 0.333 bits per heavy atom. The zero-order chi connectivity index (χ0) is 37.6. The van der Waals surface area contributed by atoms with Crippen molar-refractivity contribution in [1.29, 1.82) is 0 Å². The lowest BCUT2D eigenvalue weighted by Gasteiger charge is -2.26. The molecule has 0 spiro atoms. The highest BCUT2D eigenvalue weighted by Gasteiger charge is 2.26. The normalized spacial score (nSPS) is 29.6. The molecule has 6 bridgehead atoms. The van der Waals surface area contributed by atoms with Gasteiger partial charge in [0.15, 0.2) is 0 Å². The summed E-state index contributed by atoms with van der Waals surface area (Å²) < 4.78 is 2.45. The van der Waals surface area contributed by atoms with E-state index in [1.165, 1.54) is 0 Å². The fourth-order valence-electron chi connectivity index (χ4n) is 7.89. The van der Waals surface area contributed by atoms with Crippen LogP contribution in [0.5, 0.6) is 17.2 Å². The summed E-state index contributed by atoms with van der Waals surface area (Å²) in [4.78, 5) is 29.8. The van der Waals surface area contributed by atoms with Crippen LogP contribution < -0.4 is 0 Å². The lowest BCUT2D eigenvalue weighted by atomic mass is 9.91. The van der Waals surface area contributed by atoms with Crippen molar-refractivity contribution in [3.63, 3.8) is 0 Å². The molecule has 3 fully saturated rings. The van der Waals surface area contributed by atoms with Crippen molar-refractivity contribution in [3.8, 4) is 17.2 Å². The first kappa shape index (κ1) is 38.8. The molecule has 6 atom stereocenters. The van der Waals surface area contributed by atoms with Crippen molar-refractivity contribution in [2.45, 2.75) is 113 Å². The minimum Gasteiger partial charge on any atom is -0.507 e. The molecule has 3 N–H and O–H groups in total. The van der Waals surface area contributed by atoms with Gasteiger partial charge in [0.05, 0.1) is 36.3 Å². The fraction of sp³-hybridized carbons (Fsp3) is 0.429. The van der Waals surface area contributed by atoms with Gasteiger partial charge < -0.3 is 15.3 Å². The number of aliphatic imine (C=N–C) groups is 6. The first-order valence-electron chi connectivity index (χ1n) is 19.0. The second kappa shape index (κ2) is 18.0. The topological polar surface area (TPSA) is 135 Å². The van der Waals surface area contributed by atoms with E-state index in [9.17, 15) is 15.3 Å². The van der Waals surface area contributed by atoms with Gasteiger partial charge in [-0.2, -0.15) is 0 Å². The number of benzene rings is 3. The summed E-state index contributed by atoms with van der Waals surface area (Å²) in [6.45, 7) is 0. The summed E-state index contributed by atoms with van der Waals surface area (Å²) >= 11 is 10.9. The predicted molar refractivity (Wildman–Crippen MR) is 231 cm³/mol. The van der Waals surface area contributed by atoms with E-state index in [0.717, 1.165) is 90.5 Å². The van der Waals surface area contributed by atoms with Crippen LogP contribution in [0.4, 0.5) is 0 Å². The molecule has 3 aromatic carbocycles. The van der Waals surface area contributed by atoms with Crippen molar-refractivity contribution >= 4 is 85.1 Å². The predicted octanol–water partition coefficient (Wildman–Crippen LogP) is 9.95. The van der Waals surface area contributed by atoms with Gasteiger partial charge in [0.2, 0.25) is 0 Å². The number of halogens is 3. The van der Waals surface area contributed by atoms with Gasteiger partial charge in [-0.25, -0.2) is 0 Å². The Hall–Kier alpha value is -3.48. The van der Waals surface area contributed by atoms with Gasteiger partial charge in [-0.05, 0) is 74.9 Å². The third-order valence-corrected chi connectivity index (χ3v) is 12.3. The largest absolute Gasteiger partial charge is 0.507 e. The molecule has 3 saturated carbocycles. The van der Waals surface area contributed by atoms with Gasteiger partial charge in [-0.15, -0.1) is 0 Å². The van der Waals surface area contributed by atoms with Crippen LogP contribution in [-0.4, -0.2) is 88.9 Å². The highest BCUT2D eigenvalue weighted by atomic mass is 79.9. The van der Waals surface area contributed by atoms with Crippen LogP contribution in [0.25, 0.3) is 0 Å². The molecule has 1 aliphatic heterocycles. The maximum absolute atomic E-state index is 11.4. The molecule has 54 heavy (non-hydrogen) atoms. The van der Waals surface area contributed by atoms with Gasteiger partial charge in [-0.1, -0.05) is 86.3 Å². The monoisotopic (exact) mass is 918 g/mol. The van der Waals surface area contributed by atoms with E-state index >= 15 is 0 Å². The summed E-state index contributed by atoms with van der Waals surface area (Å²) in [6.07, 6.45) is 22.2. The van der Waals surface area contributed by atoms with Gasteiger partial charge in [0.1, 0.15) is 17.2 Å². The molecule has 0 saturated heterocycles. The molecule has 3 aromatic rings. The second-order valence-electron chi connectivity index (χ2n) is 14.7. The van der Waals surface area contributed by atoms with E-state index in [2.05, 4.69) is 47.8 Å². The summed E-state index contributed by atoms with van der Waals surface area (Å²) in [6, 6.07) is 10.8. The van der Waals surface area contributed by atoms with Crippen LogP contribution in [-0.2, 0) is 0 Å². The van der Waals surface area contributed by atoms with Crippen molar-refractivity contribution in [2.75, 3.05) is 0 Å². The van der Waals surface area contributed by atoms with Crippen LogP contribution in [0.3, 0.4) is 0 Å². The first-order valence-corrected chi connectivity index (χ1v) is 21.4. The third-order valence-electron chi connectivity index (χ3n) is 10.9. The van der Waals surface area contributed by atoms with Gasteiger partial charge in [0, 0.05) is 84.1 Å². The van der Waals surface area contributed by atoms with Crippen LogP contribution >= 0.6 is 47.8 Å². The van der Waals surface area contributed by atoms with Crippen molar-refractivity contribution in [2.24, 2.45) is 30.0 Å². The fourth-order valence-corrected chi connectivity index (χ4v) is 9.37. The molecule has 4 aliphatic rings. The Morgan fingerprint density at radius 3 is 0.667 bits per heavy atom. The number of aromatic hydroxyl groups is 3. The van der Waals surface area contributed by atoms with E-state index in [0.29, 0.717) is 33.4 Å². The van der Waals surface area contributed by atoms with Gasteiger partial charge >= 0.3 is 0 Å². The van der Waals surface area contributed by atoms with Crippen molar-refractivity contribution in [1.82, 2.24) is 0 Å². The standard InChI is InChI=1S/C42H45Br3N6O3/c43-31-13-25-19-46-34-7-1-2-8-35(34)47-20-26-14-32(44)16-28(41(26)53)22-49-38-11-5-6-12-39(38)51-24-30-18-33(45)17-29(42(30)54)23-50-37-10-4-3-9-36(37)48-21-27(15-31)40(25)52/h13-24,34-39,52-54H,1-12H2/b46-19+,47-20+,48-21+,49-22+,50-23+,51-24+. The summed E-state index contributed by atoms with van der Waals surface area (Å²) in [7, 11) is 0. The molecule has 9 nitrogen and oxygen atoms in total. The lowest BCUT2D eigenvalue weighted by molar-refractivity contribution is 0.389. The average Bonchev–Trinajstić information content (AvgIpc) is 3.17. The molecule has 282 valence electrons. The lowest BCUT2D eigenvalue weighted by Crippen LogP contribution is -2.27. The second-order valence-corrected chi connectivity index (χ2v) is 17.5.